The zero-order chi connectivity index (χ0) is 12.8. The molecule has 3 nitrogen and oxygen atoms in total. The van der Waals surface area contributed by atoms with Crippen molar-refractivity contribution in [2.24, 2.45) is 0 Å². The third-order valence-corrected chi connectivity index (χ3v) is 3.82. The highest BCUT2D eigenvalue weighted by Crippen LogP contribution is 2.10. The molecule has 0 unspecified atom stereocenters. The van der Waals surface area contributed by atoms with Crippen molar-refractivity contribution < 1.29 is 4.79 Å². The summed E-state index contributed by atoms with van der Waals surface area (Å²) in [6.45, 7) is 0.664. The number of carbonyl (C=O) groups excluding carboxylic acids is 1. The Morgan fingerprint density at radius 3 is 2.78 bits per heavy atom. The van der Waals surface area contributed by atoms with Crippen LogP contribution in [0.5, 0.6) is 0 Å². The highest BCUT2D eigenvalue weighted by Gasteiger charge is 2.03. The summed E-state index contributed by atoms with van der Waals surface area (Å²) in [6, 6.07) is 7.79. The smallest absolute Gasteiger partial charge is 0.224 e. The fraction of sp³-hybridized carbons (Fsp3) is 0.231. The molecular formula is C13H13BrN2OS. The van der Waals surface area contributed by atoms with Gasteiger partial charge in [0.2, 0.25) is 5.91 Å². The molecule has 0 atom stereocenters. The van der Waals surface area contributed by atoms with Crippen LogP contribution in [0.1, 0.15) is 10.4 Å². The Bertz CT molecular complexity index is 496. The fourth-order valence-corrected chi connectivity index (χ4v) is 2.40. The lowest BCUT2D eigenvalue weighted by molar-refractivity contribution is -0.120. The molecule has 18 heavy (non-hydrogen) atoms. The average Bonchev–Trinajstić information content (AvgIpc) is 2.85. The largest absolute Gasteiger partial charge is 0.355 e. The van der Waals surface area contributed by atoms with Crippen LogP contribution in [0.2, 0.25) is 0 Å². The van der Waals surface area contributed by atoms with Crippen molar-refractivity contribution in [3.8, 4) is 0 Å². The van der Waals surface area contributed by atoms with Gasteiger partial charge in [0.05, 0.1) is 11.9 Å². The van der Waals surface area contributed by atoms with Crippen LogP contribution in [-0.2, 0) is 17.6 Å². The standard InChI is InChI=1S/C13H13BrN2OS/c14-11-3-1-10(2-4-11)7-13(17)16-6-5-12-8-15-9-18-12/h1-4,8-9H,5-7H2,(H,16,17). The van der Waals surface area contributed by atoms with Crippen LogP contribution in [0.3, 0.4) is 0 Å². The Balaban J connectivity index is 1.73. The van der Waals surface area contributed by atoms with Crippen molar-refractivity contribution >= 4 is 33.2 Å². The maximum Gasteiger partial charge on any atom is 0.224 e. The number of benzene rings is 1. The summed E-state index contributed by atoms with van der Waals surface area (Å²) in [5.41, 5.74) is 2.83. The number of aromatic nitrogens is 1. The van der Waals surface area contributed by atoms with Crippen molar-refractivity contribution in [3.63, 3.8) is 0 Å². The molecule has 1 amide bonds. The van der Waals surface area contributed by atoms with Crippen LogP contribution in [0.4, 0.5) is 0 Å². The maximum absolute atomic E-state index is 11.7. The van der Waals surface area contributed by atoms with E-state index in [1.54, 1.807) is 16.8 Å². The van der Waals surface area contributed by atoms with Gasteiger partial charge in [0, 0.05) is 28.5 Å². The molecule has 5 heteroatoms. The molecule has 2 aromatic rings. The summed E-state index contributed by atoms with van der Waals surface area (Å²) in [6.07, 6.45) is 3.11. The predicted molar refractivity (Wildman–Crippen MR) is 76.7 cm³/mol. The molecule has 0 aliphatic heterocycles. The summed E-state index contributed by atoms with van der Waals surface area (Å²) < 4.78 is 1.02. The highest BCUT2D eigenvalue weighted by atomic mass is 79.9. The van der Waals surface area contributed by atoms with Crippen LogP contribution in [0, 0.1) is 0 Å². The first kappa shape index (κ1) is 13.2. The Kier molecular flexibility index (Phi) is 4.90. The van der Waals surface area contributed by atoms with E-state index in [2.05, 4.69) is 26.2 Å². The zero-order valence-corrected chi connectivity index (χ0v) is 12.1. The summed E-state index contributed by atoms with van der Waals surface area (Å²) in [4.78, 5) is 16.9. The van der Waals surface area contributed by atoms with E-state index >= 15 is 0 Å². The molecule has 0 aliphatic rings. The first-order valence-corrected chi connectivity index (χ1v) is 7.30. The molecule has 1 aromatic carbocycles. The van der Waals surface area contributed by atoms with Crippen LogP contribution < -0.4 is 5.32 Å². The molecule has 0 saturated heterocycles. The molecule has 1 aromatic heterocycles. The van der Waals surface area contributed by atoms with Crippen LogP contribution in [-0.4, -0.2) is 17.4 Å². The first-order valence-electron chi connectivity index (χ1n) is 5.62. The summed E-state index contributed by atoms with van der Waals surface area (Å²) in [5.74, 6) is 0.0573. The molecule has 0 bridgehead atoms. The van der Waals surface area contributed by atoms with Crippen LogP contribution in [0.25, 0.3) is 0 Å². The summed E-state index contributed by atoms with van der Waals surface area (Å²) >= 11 is 4.98. The van der Waals surface area contributed by atoms with E-state index < -0.39 is 0 Å². The average molecular weight is 325 g/mol. The molecular weight excluding hydrogens is 312 g/mol. The van der Waals surface area contributed by atoms with Gasteiger partial charge < -0.3 is 5.32 Å². The Morgan fingerprint density at radius 1 is 1.33 bits per heavy atom. The normalized spacial score (nSPS) is 10.3. The molecule has 94 valence electrons. The first-order chi connectivity index (χ1) is 8.74. The van der Waals surface area contributed by atoms with E-state index in [-0.39, 0.29) is 5.91 Å². The SMILES string of the molecule is O=C(Cc1ccc(Br)cc1)NCCc1cncs1. The number of thiazole rings is 1. The molecule has 0 radical (unpaired) electrons. The lowest BCUT2D eigenvalue weighted by Gasteiger charge is -2.04. The van der Waals surface area contributed by atoms with Crippen LogP contribution >= 0.6 is 27.3 Å². The molecule has 0 fully saturated rings. The van der Waals surface area contributed by atoms with Gasteiger partial charge in [-0.2, -0.15) is 0 Å². The van der Waals surface area contributed by atoms with Gasteiger partial charge in [-0.25, -0.2) is 0 Å². The van der Waals surface area contributed by atoms with Gasteiger partial charge in [-0.05, 0) is 17.7 Å². The zero-order valence-electron chi connectivity index (χ0n) is 9.73. The number of amides is 1. The quantitative estimate of drug-likeness (QED) is 0.918. The van der Waals surface area contributed by atoms with Gasteiger partial charge in [-0.15, -0.1) is 11.3 Å². The van der Waals surface area contributed by atoms with E-state index in [1.807, 2.05) is 30.5 Å². The summed E-state index contributed by atoms with van der Waals surface area (Å²) in [7, 11) is 0. The van der Waals surface area contributed by atoms with Gasteiger partial charge in [-0.1, -0.05) is 28.1 Å². The van der Waals surface area contributed by atoms with Gasteiger partial charge in [0.1, 0.15) is 0 Å². The Labute approximate surface area is 118 Å². The second-order valence-electron chi connectivity index (χ2n) is 3.87. The van der Waals surface area contributed by atoms with Crippen molar-refractivity contribution in [2.45, 2.75) is 12.8 Å². The third-order valence-electron chi connectivity index (χ3n) is 2.45. The third kappa shape index (κ3) is 4.23. The maximum atomic E-state index is 11.7. The van der Waals surface area contributed by atoms with E-state index in [9.17, 15) is 4.79 Å². The Morgan fingerprint density at radius 2 is 2.11 bits per heavy atom. The molecule has 0 saturated carbocycles. The van der Waals surface area contributed by atoms with Crippen molar-refractivity contribution in [1.29, 1.82) is 0 Å². The number of hydrogen-bond acceptors (Lipinski definition) is 3. The summed E-state index contributed by atoms with van der Waals surface area (Å²) in [5, 5.41) is 2.91. The minimum atomic E-state index is 0.0573. The van der Waals surface area contributed by atoms with Crippen molar-refractivity contribution in [3.05, 3.63) is 50.9 Å². The van der Waals surface area contributed by atoms with Crippen molar-refractivity contribution in [2.75, 3.05) is 6.54 Å². The number of nitrogens with zero attached hydrogens (tertiary/aromatic N) is 1. The molecule has 1 heterocycles. The van der Waals surface area contributed by atoms with Gasteiger partial charge >= 0.3 is 0 Å². The van der Waals surface area contributed by atoms with E-state index in [1.165, 1.54) is 4.88 Å². The monoisotopic (exact) mass is 324 g/mol. The van der Waals surface area contributed by atoms with Gasteiger partial charge in [-0.3, -0.25) is 9.78 Å². The second kappa shape index (κ2) is 6.66. The van der Waals surface area contributed by atoms with Gasteiger partial charge in [0.15, 0.2) is 0 Å². The van der Waals surface area contributed by atoms with Crippen LogP contribution in [0.15, 0.2) is 40.4 Å². The molecule has 1 N–H and O–H groups in total. The number of halogens is 1. The Hall–Kier alpha value is -1.20. The number of nitrogens with one attached hydrogen (secondary N) is 1. The molecule has 2 rings (SSSR count). The number of carbonyl (C=O) groups is 1. The lowest BCUT2D eigenvalue weighted by Crippen LogP contribution is -2.27. The second-order valence-corrected chi connectivity index (χ2v) is 5.76. The predicted octanol–water partition coefficient (Wildman–Crippen LogP) is 2.81. The van der Waals surface area contributed by atoms with E-state index in [4.69, 9.17) is 0 Å². The lowest BCUT2D eigenvalue weighted by atomic mass is 10.1. The molecule has 0 spiro atoms. The van der Waals surface area contributed by atoms with Crippen molar-refractivity contribution in [1.82, 2.24) is 10.3 Å². The van der Waals surface area contributed by atoms with E-state index in [0.29, 0.717) is 13.0 Å². The van der Waals surface area contributed by atoms with Gasteiger partial charge in [0.25, 0.3) is 0 Å². The highest BCUT2D eigenvalue weighted by molar-refractivity contribution is 9.10. The topological polar surface area (TPSA) is 42.0 Å². The minimum absolute atomic E-state index is 0.0573. The van der Waals surface area contributed by atoms with E-state index in [0.717, 1.165) is 16.5 Å². The fourth-order valence-electron chi connectivity index (χ4n) is 1.54. The molecule has 0 aliphatic carbocycles. The number of rotatable bonds is 5. The minimum Gasteiger partial charge on any atom is -0.355 e. The number of hydrogen-bond donors (Lipinski definition) is 1.